The molecule has 0 radical (unpaired) electrons. The molecule has 48 heavy (non-hydrogen) atoms. The molecule has 0 aliphatic heterocycles. The van der Waals surface area contributed by atoms with E-state index in [4.69, 9.17) is 0 Å². The Balaban J connectivity index is -0.000000297. The summed E-state index contributed by atoms with van der Waals surface area (Å²) in [6.07, 6.45) is 11.2. The zero-order valence-corrected chi connectivity index (χ0v) is 32.5. The van der Waals surface area contributed by atoms with Gasteiger partial charge in [0.2, 0.25) is 0 Å². The van der Waals surface area contributed by atoms with Crippen molar-refractivity contribution < 1.29 is 31.1 Å². The molecule has 0 heterocycles. The SMILES string of the molecule is C=C/C=C(C(\F)=C/C)/C(/C=C(/F)C(=C)C(F)(F)OC/C=C(P)\C(C)=C(\F)C=C)=C/CF.C=C/C=C\C(C)C.CC.CC.CCC(C)CC. The molecule has 1 unspecified atom stereocenters. The molecule has 0 aliphatic rings. The van der Waals surface area contributed by atoms with Crippen LogP contribution in [0, 0.1) is 11.8 Å². The first kappa shape index (κ1) is 54.6. The summed E-state index contributed by atoms with van der Waals surface area (Å²) in [6, 6.07) is 0. The number of allylic oxidation sites excluding steroid dienone is 15. The van der Waals surface area contributed by atoms with Gasteiger partial charge in [0, 0.05) is 5.57 Å². The van der Waals surface area contributed by atoms with Crippen molar-refractivity contribution in [2.24, 2.45) is 11.8 Å². The van der Waals surface area contributed by atoms with Crippen LogP contribution in [0.15, 0.2) is 132 Å². The minimum Gasteiger partial charge on any atom is -0.312 e. The number of hydrogen-bond acceptors (Lipinski definition) is 1. The quantitative estimate of drug-likeness (QED) is 0.0883. The van der Waals surface area contributed by atoms with Gasteiger partial charge in [-0.1, -0.05) is 144 Å². The maximum absolute atomic E-state index is 14.5. The molecule has 1 atom stereocenters. The van der Waals surface area contributed by atoms with Gasteiger partial charge in [-0.15, -0.1) is 9.24 Å². The molecule has 0 saturated heterocycles. The molecule has 0 rings (SSSR count). The fraction of sp³-hybridized carbons (Fsp3) is 0.450. The third-order valence-electron chi connectivity index (χ3n) is 5.89. The Hall–Kier alpha value is -2.89. The summed E-state index contributed by atoms with van der Waals surface area (Å²) in [5, 5.41) is 0.240. The lowest BCUT2D eigenvalue weighted by Crippen LogP contribution is -2.24. The monoisotopic (exact) mass is 704 g/mol. The Labute approximate surface area is 292 Å². The van der Waals surface area contributed by atoms with Gasteiger partial charge in [0.05, 0.1) is 12.2 Å². The van der Waals surface area contributed by atoms with E-state index in [-0.39, 0.29) is 22.0 Å². The smallest absolute Gasteiger partial charge is 0.312 e. The second kappa shape index (κ2) is 35.4. The highest BCUT2D eigenvalue weighted by atomic mass is 31.0. The molecule has 0 amide bonds. The van der Waals surface area contributed by atoms with Gasteiger partial charge in [0.15, 0.2) is 0 Å². The molecule has 0 saturated carbocycles. The van der Waals surface area contributed by atoms with Crippen molar-refractivity contribution in [2.75, 3.05) is 13.3 Å². The largest absolute Gasteiger partial charge is 0.385 e. The first-order valence-corrected chi connectivity index (χ1v) is 16.9. The van der Waals surface area contributed by atoms with Crippen LogP contribution in [0.2, 0.25) is 0 Å². The minimum atomic E-state index is -4.14. The summed E-state index contributed by atoms with van der Waals surface area (Å²) >= 11 is 0. The first-order valence-electron chi connectivity index (χ1n) is 16.3. The zero-order chi connectivity index (χ0) is 38.9. The van der Waals surface area contributed by atoms with E-state index in [1.54, 1.807) is 6.08 Å². The van der Waals surface area contributed by atoms with Crippen LogP contribution in [-0.2, 0) is 4.74 Å². The van der Waals surface area contributed by atoms with Gasteiger partial charge in [-0.3, -0.25) is 0 Å². The highest BCUT2D eigenvalue weighted by Gasteiger charge is 2.36. The summed E-state index contributed by atoms with van der Waals surface area (Å²) in [6.45, 7) is 33.2. The van der Waals surface area contributed by atoms with Crippen molar-refractivity contribution in [3.63, 3.8) is 0 Å². The number of ether oxygens (including phenoxy) is 1. The van der Waals surface area contributed by atoms with E-state index in [0.717, 1.165) is 36.3 Å². The predicted molar refractivity (Wildman–Crippen MR) is 205 cm³/mol. The molecular weight excluding hydrogens is 641 g/mol. The van der Waals surface area contributed by atoms with Crippen LogP contribution >= 0.6 is 9.24 Å². The molecule has 0 aliphatic carbocycles. The highest BCUT2D eigenvalue weighted by molar-refractivity contribution is 7.23. The van der Waals surface area contributed by atoms with E-state index in [2.05, 4.69) is 81.0 Å². The lowest BCUT2D eigenvalue weighted by Gasteiger charge is -2.18. The molecule has 0 aromatic rings. The van der Waals surface area contributed by atoms with Gasteiger partial charge in [0.25, 0.3) is 0 Å². The number of halogens is 6. The number of rotatable bonds is 16. The maximum Gasteiger partial charge on any atom is 0.385 e. The van der Waals surface area contributed by atoms with Crippen LogP contribution in [0.25, 0.3) is 0 Å². The van der Waals surface area contributed by atoms with E-state index in [0.29, 0.717) is 12.0 Å². The molecule has 0 N–H and O–H groups in total. The molecular formula is C40H63F6OP. The third-order valence-corrected chi connectivity index (χ3v) is 6.56. The molecule has 0 fully saturated rings. The lowest BCUT2D eigenvalue weighted by atomic mass is 10.0. The Morgan fingerprint density at radius 1 is 0.896 bits per heavy atom. The fourth-order valence-electron chi connectivity index (χ4n) is 2.64. The topological polar surface area (TPSA) is 9.23 Å². The van der Waals surface area contributed by atoms with Gasteiger partial charge in [-0.05, 0) is 60.4 Å². The number of hydrogen-bond donors (Lipinski definition) is 0. The minimum absolute atomic E-state index is 0.144. The third kappa shape index (κ3) is 28.2. The second-order valence-electron chi connectivity index (χ2n) is 9.69. The fourth-order valence-corrected chi connectivity index (χ4v) is 2.87. The van der Waals surface area contributed by atoms with E-state index in [1.165, 1.54) is 32.8 Å². The number of alkyl halides is 3. The first-order chi connectivity index (χ1) is 22.5. The van der Waals surface area contributed by atoms with Crippen LogP contribution < -0.4 is 0 Å². The zero-order valence-electron chi connectivity index (χ0n) is 31.3. The van der Waals surface area contributed by atoms with Gasteiger partial charge in [0.1, 0.15) is 24.2 Å². The van der Waals surface area contributed by atoms with Crippen LogP contribution in [0.4, 0.5) is 26.3 Å². The second-order valence-corrected chi connectivity index (χ2v) is 10.3. The molecule has 1 nitrogen and oxygen atoms in total. The molecule has 276 valence electrons. The highest BCUT2D eigenvalue weighted by Crippen LogP contribution is 2.33. The van der Waals surface area contributed by atoms with Crippen molar-refractivity contribution in [1.82, 2.24) is 0 Å². The predicted octanol–water partition coefficient (Wildman–Crippen LogP) is 15.0. The summed E-state index contributed by atoms with van der Waals surface area (Å²) in [4.78, 5) is 0. The average molecular weight is 705 g/mol. The Morgan fingerprint density at radius 3 is 1.75 bits per heavy atom. The van der Waals surface area contributed by atoms with Crippen molar-refractivity contribution >= 4 is 9.24 Å². The normalized spacial score (nSPS) is 13.1. The Bertz CT molecular complexity index is 1110. The van der Waals surface area contributed by atoms with Gasteiger partial charge < -0.3 is 4.74 Å². The van der Waals surface area contributed by atoms with Crippen LogP contribution in [0.3, 0.4) is 0 Å². The summed E-state index contributed by atoms with van der Waals surface area (Å²) in [5.41, 5.74) is -1.77. The van der Waals surface area contributed by atoms with E-state index in [1.807, 2.05) is 33.8 Å². The Kier molecular flexibility index (Phi) is 40.3. The molecule has 0 aromatic carbocycles. The molecule has 0 bridgehead atoms. The summed E-state index contributed by atoms with van der Waals surface area (Å²) in [7, 11) is 2.16. The van der Waals surface area contributed by atoms with Crippen LogP contribution in [-0.4, -0.2) is 19.4 Å². The van der Waals surface area contributed by atoms with E-state index < -0.39 is 42.4 Å². The molecule has 0 spiro atoms. The Morgan fingerprint density at radius 2 is 1.42 bits per heavy atom. The lowest BCUT2D eigenvalue weighted by molar-refractivity contribution is -0.200. The van der Waals surface area contributed by atoms with E-state index >= 15 is 0 Å². The van der Waals surface area contributed by atoms with Crippen molar-refractivity contribution in [2.45, 2.75) is 95.1 Å². The summed E-state index contributed by atoms with van der Waals surface area (Å²) < 4.78 is 87.5. The van der Waals surface area contributed by atoms with Crippen molar-refractivity contribution in [3.05, 3.63) is 132 Å². The summed E-state index contributed by atoms with van der Waals surface area (Å²) in [5.74, 6) is -1.42. The molecule has 0 aromatic heterocycles. The molecule has 8 heteroatoms. The van der Waals surface area contributed by atoms with Crippen molar-refractivity contribution in [3.8, 4) is 0 Å². The van der Waals surface area contributed by atoms with Gasteiger partial charge >= 0.3 is 6.11 Å². The average Bonchev–Trinajstić information content (AvgIpc) is 3.09. The standard InChI is InChI=1S/C23H25F6OP.C7H12.C6H14.2C2H6/c1-6-9-18(20(26)8-3)17(10-12-24)14-21(27)16(5)23(28,29)30-13-11-22(31)15(4)19(25)7-2;1-4-5-6-7(2)3;1-4-6(3)5-2;2*1-2/h6-11,14H,1-2,5,12-13,31H2,3-4H3;4-7H,1H2,2-3H3;6H,4-5H2,1-3H3;2*1-2H3/b17-10+,18-9-,19-15+,20-8+,21-14+,22-11+;6-5-;;;. The van der Waals surface area contributed by atoms with Gasteiger partial charge in [-0.2, -0.15) is 8.78 Å². The van der Waals surface area contributed by atoms with E-state index in [9.17, 15) is 26.3 Å². The van der Waals surface area contributed by atoms with Gasteiger partial charge in [-0.25, -0.2) is 17.6 Å². The van der Waals surface area contributed by atoms with Crippen LogP contribution in [0.1, 0.15) is 89.0 Å². The van der Waals surface area contributed by atoms with Crippen LogP contribution in [0.5, 0.6) is 0 Å². The maximum atomic E-state index is 14.5. The van der Waals surface area contributed by atoms with Crippen molar-refractivity contribution in [1.29, 1.82) is 0 Å².